The van der Waals surface area contributed by atoms with E-state index in [1.165, 1.54) is 5.56 Å². The van der Waals surface area contributed by atoms with E-state index in [9.17, 15) is 8.42 Å². The van der Waals surface area contributed by atoms with E-state index in [2.05, 4.69) is 32.8 Å². The number of nitrogens with two attached hydrogens (primary N) is 1. The maximum absolute atomic E-state index is 11.1. The molecule has 1 saturated heterocycles. The summed E-state index contributed by atoms with van der Waals surface area (Å²) in [6.45, 7) is 5.76. The Kier molecular flexibility index (Phi) is 4.47. The molecule has 0 atom stereocenters. The summed E-state index contributed by atoms with van der Waals surface area (Å²) in [5, 5.41) is 6.13. The number of piperazine rings is 1. The van der Waals surface area contributed by atoms with E-state index in [-0.39, 0.29) is 5.75 Å². The molecule has 23 heavy (non-hydrogen) atoms. The number of sulfonamides is 1. The first kappa shape index (κ1) is 16.1. The van der Waals surface area contributed by atoms with Gasteiger partial charge >= 0.3 is 0 Å². The minimum absolute atomic E-state index is 0.00261. The van der Waals surface area contributed by atoms with Crippen LogP contribution in [0.4, 0.5) is 5.82 Å². The molecular formula is C15H21N5O2S. The van der Waals surface area contributed by atoms with Crippen LogP contribution in [0.2, 0.25) is 0 Å². The Labute approximate surface area is 136 Å². The van der Waals surface area contributed by atoms with Gasteiger partial charge in [0.15, 0.2) is 0 Å². The normalized spacial score (nSPS) is 16.9. The number of hydrogen-bond donors (Lipinski definition) is 1. The third-order valence-corrected chi connectivity index (χ3v) is 4.89. The zero-order valence-corrected chi connectivity index (χ0v) is 14.0. The van der Waals surface area contributed by atoms with Gasteiger partial charge < -0.3 is 4.90 Å². The quantitative estimate of drug-likeness (QED) is 0.867. The molecule has 0 amide bonds. The first-order chi connectivity index (χ1) is 10.9. The Morgan fingerprint density at radius 1 is 1.17 bits per heavy atom. The van der Waals surface area contributed by atoms with Gasteiger partial charge in [0.2, 0.25) is 10.0 Å². The van der Waals surface area contributed by atoms with Crippen LogP contribution in [0.5, 0.6) is 0 Å². The Morgan fingerprint density at radius 3 is 2.61 bits per heavy atom. The van der Waals surface area contributed by atoms with E-state index in [4.69, 9.17) is 5.14 Å². The standard InChI is InChI=1S/C15H21N5O2S/c1-12-2-3-14-13(10-12)15(18-11-17-14)20-6-4-19(5-7-20)8-9-23(16,21)22/h2-3,10-11H,4-9H2,1H3,(H2,16,21,22). The summed E-state index contributed by atoms with van der Waals surface area (Å²) < 4.78 is 22.1. The van der Waals surface area contributed by atoms with Gasteiger partial charge in [0.25, 0.3) is 0 Å². The minimum atomic E-state index is -3.40. The summed E-state index contributed by atoms with van der Waals surface area (Å²) in [6.07, 6.45) is 1.60. The zero-order valence-electron chi connectivity index (χ0n) is 13.1. The van der Waals surface area contributed by atoms with Crippen molar-refractivity contribution >= 4 is 26.7 Å². The van der Waals surface area contributed by atoms with Crippen molar-refractivity contribution < 1.29 is 8.42 Å². The van der Waals surface area contributed by atoms with Crippen LogP contribution < -0.4 is 10.0 Å². The maximum Gasteiger partial charge on any atom is 0.210 e. The van der Waals surface area contributed by atoms with Crippen molar-refractivity contribution in [3.63, 3.8) is 0 Å². The fourth-order valence-electron chi connectivity index (χ4n) is 2.85. The van der Waals surface area contributed by atoms with E-state index in [0.717, 1.165) is 42.9 Å². The van der Waals surface area contributed by atoms with Crippen molar-refractivity contribution in [2.75, 3.05) is 43.4 Å². The molecule has 124 valence electrons. The van der Waals surface area contributed by atoms with Crippen LogP contribution in [-0.4, -0.2) is 61.8 Å². The molecule has 2 heterocycles. The van der Waals surface area contributed by atoms with Gasteiger partial charge in [0, 0.05) is 38.1 Å². The highest BCUT2D eigenvalue weighted by Crippen LogP contribution is 2.24. The van der Waals surface area contributed by atoms with Crippen LogP contribution in [0.3, 0.4) is 0 Å². The van der Waals surface area contributed by atoms with Crippen molar-refractivity contribution in [3.8, 4) is 0 Å². The van der Waals surface area contributed by atoms with Crippen LogP contribution in [0.25, 0.3) is 10.9 Å². The monoisotopic (exact) mass is 335 g/mol. The Morgan fingerprint density at radius 2 is 1.91 bits per heavy atom. The smallest absolute Gasteiger partial charge is 0.210 e. The minimum Gasteiger partial charge on any atom is -0.353 e. The number of anilines is 1. The van der Waals surface area contributed by atoms with Crippen molar-refractivity contribution in [1.82, 2.24) is 14.9 Å². The van der Waals surface area contributed by atoms with E-state index in [1.807, 2.05) is 12.1 Å². The van der Waals surface area contributed by atoms with Gasteiger partial charge in [0.1, 0.15) is 12.1 Å². The fraction of sp³-hybridized carbons (Fsp3) is 0.467. The molecule has 0 aliphatic carbocycles. The molecule has 1 aliphatic rings. The summed E-state index contributed by atoms with van der Waals surface area (Å²) in [5.41, 5.74) is 2.12. The van der Waals surface area contributed by atoms with Crippen LogP contribution in [0.1, 0.15) is 5.56 Å². The molecule has 7 nitrogen and oxygen atoms in total. The first-order valence-electron chi connectivity index (χ1n) is 7.61. The fourth-order valence-corrected chi connectivity index (χ4v) is 3.36. The number of nitrogens with zero attached hydrogens (tertiary/aromatic N) is 4. The number of benzene rings is 1. The van der Waals surface area contributed by atoms with Crippen molar-refractivity contribution in [2.45, 2.75) is 6.92 Å². The third kappa shape index (κ3) is 3.95. The lowest BCUT2D eigenvalue weighted by atomic mass is 10.1. The second-order valence-corrected chi connectivity index (χ2v) is 7.65. The zero-order chi connectivity index (χ0) is 16.4. The van der Waals surface area contributed by atoms with Gasteiger partial charge in [0.05, 0.1) is 11.3 Å². The molecule has 0 unspecified atom stereocenters. The number of aryl methyl sites for hydroxylation is 1. The lowest BCUT2D eigenvalue weighted by molar-refractivity contribution is 0.271. The predicted molar refractivity (Wildman–Crippen MR) is 90.9 cm³/mol. The number of hydrogen-bond acceptors (Lipinski definition) is 6. The molecule has 2 aromatic rings. The summed E-state index contributed by atoms with van der Waals surface area (Å²) in [7, 11) is -3.40. The van der Waals surface area contributed by atoms with E-state index < -0.39 is 10.0 Å². The number of fused-ring (bicyclic) bond motifs is 1. The van der Waals surface area contributed by atoms with Crippen LogP contribution >= 0.6 is 0 Å². The topological polar surface area (TPSA) is 92.4 Å². The molecule has 0 saturated carbocycles. The molecule has 1 aromatic carbocycles. The maximum atomic E-state index is 11.1. The van der Waals surface area contributed by atoms with Crippen molar-refractivity contribution in [1.29, 1.82) is 0 Å². The lowest BCUT2D eigenvalue weighted by Crippen LogP contribution is -2.48. The highest BCUT2D eigenvalue weighted by molar-refractivity contribution is 7.89. The van der Waals surface area contributed by atoms with Gasteiger partial charge in [-0.3, -0.25) is 4.90 Å². The van der Waals surface area contributed by atoms with Crippen molar-refractivity contribution in [3.05, 3.63) is 30.1 Å². The predicted octanol–water partition coefficient (Wildman–Crippen LogP) is 0.349. The van der Waals surface area contributed by atoms with E-state index >= 15 is 0 Å². The average Bonchev–Trinajstić information content (AvgIpc) is 2.52. The van der Waals surface area contributed by atoms with Gasteiger partial charge in [-0.05, 0) is 19.1 Å². The second-order valence-electron chi connectivity index (χ2n) is 5.91. The van der Waals surface area contributed by atoms with Gasteiger partial charge in [-0.2, -0.15) is 0 Å². The highest BCUT2D eigenvalue weighted by atomic mass is 32.2. The van der Waals surface area contributed by atoms with Gasteiger partial charge in [-0.15, -0.1) is 0 Å². The number of rotatable bonds is 4. The van der Waals surface area contributed by atoms with Gasteiger partial charge in [-0.1, -0.05) is 11.6 Å². The second kappa shape index (κ2) is 6.38. The van der Waals surface area contributed by atoms with Crippen LogP contribution in [-0.2, 0) is 10.0 Å². The average molecular weight is 335 g/mol. The largest absolute Gasteiger partial charge is 0.353 e. The summed E-state index contributed by atoms with van der Waals surface area (Å²) >= 11 is 0. The molecule has 8 heteroatoms. The van der Waals surface area contributed by atoms with Crippen LogP contribution in [0.15, 0.2) is 24.5 Å². The Hall–Kier alpha value is -1.77. The Bertz CT molecular complexity index is 801. The summed E-state index contributed by atoms with van der Waals surface area (Å²) in [6, 6.07) is 6.17. The Balaban J connectivity index is 1.72. The van der Waals surface area contributed by atoms with Crippen LogP contribution in [0, 0.1) is 6.92 Å². The van der Waals surface area contributed by atoms with E-state index in [0.29, 0.717) is 6.54 Å². The molecular weight excluding hydrogens is 314 g/mol. The molecule has 1 aliphatic heterocycles. The molecule has 3 rings (SSSR count). The van der Waals surface area contributed by atoms with Crippen molar-refractivity contribution in [2.24, 2.45) is 5.14 Å². The van der Waals surface area contributed by atoms with E-state index in [1.54, 1.807) is 6.33 Å². The molecule has 0 bridgehead atoms. The molecule has 0 radical (unpaired) electrons. The molecule has 2 N–H and O–H groups in total. The first-order valence-corrected chi connectivity index (χ1v) is 9.33. The summed E-state index contributed by atoms with van der Waals surface area (Å²) in [5.74, 6) is 0.951. The third-order valence-electron chi connectivity index (χ3n) is 4.13. The highest BCUT2D eigenvalue weighted by Gasteiger charge is 2.20. The lowest BCUT2D eigenvalue weighted by Gasteiger charge is -2.35. The molecule has 0 spiro atoms. The number of primary sulfonamides is 1. The number of aromatic nitrogens is 2. The SMILES string of the molecule is Cc1ccc2ncnc(N3CCN(CCS(N)(=O)=O)CC3)c2c1. The molecule has 1 fully saturated rings. The van der Waals surface area contributed by atoms with Gasteiger partial charge in [-0.25, -0.2) is 23.5 Å². The summed E-state index contributed by atoms with van der Waals surface area (Å²) in [4.78, 5) is 13.1. The molecule has 1 aromatic heterocycles.